The number of halogens is 1. The third-order valence-corrected chi connectivity index (χ3v) is 4.92. The third kappa shape index (κ3) is 3.53. The van der Waals surface area contributed by atoms with Crippen LogP contribution in [0.3, 0.4) is 0 Å². The van der Waals surface area contributed by atoms with Crippen molar-refractivity contribution in [2.24, 2.45) is 0 Å². The molecule has 24 heavy (non-hydrogen) atoms. The van der Waals surface area contributed by atoms with E-state index in [0.29, 0.717) is 24.5 Å². The Morgan fingerprint density at radius 3 is 2.75 bits per heavy atom. The van der Waals surface area contributed by atoms with E-state index in [1.54, 1.807) is 15.9 Å². The largest absolute Gasteiger partial charge is 0.352 e. The van der Waals surface area contributed by atoms with Gasteiger partial charge in [0.1, 0.15) is 0 Å². The van der Waals surface area contributed by atoms with E-state index in [-0.39, 0.29) is 42.8 Å². The van der Waals surface area contributed by atoms with E-state index in [4.69, 9.17) is 11.6 Å². The number of hydrogen-bond acceptors (Lipinski definition) is 3. The highest BCUT2D eigenvalue weighted by atomic mass is 35.5. The van der Waals surface area contributed by atoms with Crippen molar-refractivity contribution in [1.29, 1.82) is 0 Å². The molecule has 0 spiro atoms. The summed E-state index contributed by atoms with van der Waals surface area (Å²) >= 11 is 6.11. The predicted molar refractivity (Wildman–Crippen MR) is 89.5 cm³/mol. The van der Waals surface area contributed by atoms with Crippen LogP contribution in [0.15, 0.2) is 24.3 Å². The third-order valence-electron chi connectivity index (χ3n) is 4.55. The Morgan fingerprint density at radius 2 is 2.04 bits per heavy atom. The van der Waals surface area contributed by atoms with Crippen LogP contribution in [0.1, 0.15) is 18.9 Å². The van der Waals surface area contributed by atoms with Crippen molar-refractivity contribution in [2.75, 3.05) is 19.6 Å². The van der Waals surface area contributed by atoms with Crippen molar-refractivity contribution >= 4 is 29.3 Å². The highest BCUT2D eigenvalue weighted by Gasteiger charge is 2.41. The van der Waals surface area contributed by atoms with Crippen LogP contribution in [-0.2, 0) is 20.8 Å². The van der Waals surface area contributed by atoms with E-state index >= 15 is 0 Å². The maximum absolute atomic E-state index is 12.5. The van der Waals surface area contributed by atoms with E-state index in [0.717, 1.165) is 5.56 Å². The van der Waals surface area contributed by atoms with Crippen molar-refractivity contribution in [2.45, 2.75) is 31.8 Å². The molecule has 6 nitrogen and oxygen atoms in total. The highest BCUT2D eigenvalue weighted by molar-refractivity contribution is 6.31. The van der Waals surface area contributed by atoms with Gasteiger partial charge in [0.05, 0.1) is 19.0 Å². The summed E-state index contributed by atoms with van der Waals surface area (Å²) < 4.78 is 0. The molecule has 128 valence electrons. The molecule has 3 amide bonds. The van der Waals surface area contributed by atoms with Gasteiger partial charge in [-0.1, -0.05) is 29.8 Å². The lowest BCUT2D eigenvalue weighted by Crippen LogP contribution is -2.55. The molecule has 0 unspecified atom stereocenters. The second-order valence-electron chi connectivity index (χ2n) is 6.38. The quantitative estimate of drug-likeness (QED) is 0.878. The molecule has 2 heterocycles. The molecule has 1 aromatic carbocycles. The van der Waals surface area contributed by atoms with Gasteiger partial charge in [-0.05, 0) is 18.1 Å². The molecule has 2 aliphatic rings. The number of piperazine rings is 1. The van der Waals surface area contributed by atoms with Crippen LogP contribution in [0, 0.1) is 0 Å². The summed E-state index contributed by atoms with van der Waals surface area (Å²) in [6.07, 6.45) is 0.871. The number of amides is 3. The molecule has 2 saturated heterocycles. The molecule has 0 aromatic heterocycles. The molecule has 2 atom stereocenters. The fraction of sp³-hybridized carbons (Fsp3) is 0.471. The maximum atomic E-state index is 12.5. The van der Waals surface area contributed by atoms with Crippen molar-refractivity contribution in [3.05, 3.63) is 34.9 Å². The van der Waals surface area contributed by atoms with Crippen LogP contribution in [-0.4, -0.2) is 59.2 Å². The number of fused-ring (bicyclic) bond motifs is 1. The Balaban J connectivity index is 1.64. The maximum Gasteiger partial charge on any atom is 0.242 e. The minimum Gasteiger partial charge on any atom is -0.352 e. The second kappa shape index (κ2) is 6.81. The van der Waals surface area contributed by atoms with Crippen LogP contribution in [0.25, 0.3) is 0 Å². The van der Waals surface area contributed by atoms with E-state index in [1.807, 2.05) is 18.2 Å². The zero-order valence-electron chi connectivity index (χ0n) is 13.5. The van der Waals surface area contributed by atoms with E-state index in [9.17, 15) is 14.4 Å². The molecular weight excluding hydrogens is 330 g/mol. The average Bonchev–Trinajstić information content (AvgIpc) is 2.91. The van der Waals surface area contributed by atoms with Gasteiger partial charge in [-0.15, -0.1) is 0 Å². The molecule has 1 N–H and O–H groups in total. The fourth-order valence-corrected chi connectivity index (χ4v) is 3.67. The Kier molecular flexibility index (Phi) is 4.76. The summed E-state index contributed by atoms with van der Waals surface area (Å²) in [5, 5.41) is 3.41. The molecule has 0 radical (unpaired) electrons. The summed E-state index contributed by atoms with van der Waals surface area (Å²) in [5.74, 6) is -0.260. The topological polar surface area (TPSA) is 69.7 Å². The standard InChI is InChI=1S/C17H20ClN3O3/c1-11(22)19-13-7-14-9-20(10-17(24)21(14)8-13)16(23)6-12-4-2-3-5-15(12)18/h2-5,13-14H,6-10H2,1H3,(H,19,22)/t13-,14-/m0/s1. The van der Waals surface area contributed by atoms with Gasteiger partial charge in [-0.2, -0.15) is 0 Å². The lowest BCUT2D eigenvalue weighted by Gasteiger charge is -2.37. The molecule has 0 bridgehead atoms. The van der Waals surface area contributed by atoms with Gasteiger partial charge in [-0.3, -0.25) is 14.4 Å². The molecule has 2 fully saturated rings. The van der Waals surface area contributed by atoms with Gasteiger partial charge in [0.2, 0.25) is 17.7 Å². The highest BCUT2D eigenvalue weighted by Crippen LogP contribution is 2.24. The zero-order valence-corrected chi connectivity index (χ0v) is 14.3. The first-order valence-electron chi connectivity index (χ1n) is 8.02. The molecule has 0 saturated carbocycles. The molecular formula is C17H20ClN3O3. The Bertz CT molecular complexity index is 679. The number of carbonyl (C=O) groups is 3. The van der Waals surface area contributed by atoms with Gasteiger partial charge in [0, 0.05) is 31.1 Å². The summed E-state index contributed by atoms with van der Waals surface area (Å²) in [7, 11) is 0. The van der Waals surface area contributed by atoms with E-state index < -0.39 is 0 Å². The summed E-state index contributed by atoms with van der Waals surface area (Å²) in [5.41, 5.74) is 0.765. The summed E-state index contributed by atoms with van der Waals surface area (Å²) in [6, 6.07) is 7.17. The van der Waals surface area contributed by atoms with Crippen LogP contribution in [0.5, 0.6) is 0 Å². The van der Waals surface area contributed by atoms with Crippen molar-refractivity contribution in [1.82, 2.24) is 15.1 Å². The number of nitrogens with one attached hydrogen (secondary N) is 1. The first-order chi connectivity index (χ1) is 11.4. The molecule has 0 aliphatic carbocycles. The Morgan fingerprint density at radius 1 is 1.29 bits per heavy atom. The first kappa shape index (κ1) is 16.8. The Labute approximate surface area is 145 Å². The van der Waals surface area contributed by atoms with E-state index in [2.05, 4.69) is 5.32 Å². The predicted octanol–water partition coefficient (Wildman–Crippen LogP) is 0.830. The number of hydrogen-bond donors (Lipinski definition) is 1. The number of nitrogens with zero attached hydrogens (tertiary/aromatic N) is 2. The zero-order chi connectivity index (χ0) is 17.3. The summed E-state index contributed by atoms with van der Waals surface area (Å²) in [4.78, 5) is 39.5. The first-order valence-corrected chi connectivity index (χ1v) is 8.39. The van der Waals surface area contributed by atoms with Crippen LogP contribution < -0.4 is 5.32 Å². The lowest BCUT2D eigenvalue weighted by atomic mass is 10.1. The number of benzene rings is 1. The molecule has 7 heteroatoms. The molecule has 1 aromatic rings. The van der Waals surface area contributed by atoms with Gasteiger partial charge < -0.3 is 15.1 Å². The smallest absolute Gasteiger partial charge is 0.242 e. The second-order valence-corrected chi connectivity index (χ2v) is 6.78. The Hall–Kier alpha value is -2.08. The van der Waals surface area contributed by atoms with Crippen LogP contribution >= 0.6 is 11.6 Å². The monoisotopic (exact) mass is 349 g/mol. The van der Waals surface area contributed by atoms with Gasteiger partial charge >= 0.3 is 0 Å². The summed E-state index contributed by atoms with van der Waals surface area (Å²) in [6.45, 7) is 2.59. The van der Waals surface area contributed by atoms with Gasteiger partial charge in [0.25, 0.3) is 0 Å². The average molecular weight is 350 g/mol. The normalized spacial score (nSPS) is 23.2. The van der Waals surface area contributed by atoms with E-state index in [1.165, 1.54) is 6.92 Å². The number of rotatable bonds is 3. The van der Waals surface area contributed by atoms with Crippen molar-refractivity contribution < 1.29 is 14.4 Å². The van der Waals surface area contributed by atoms with Crippen molar-refractivity contribution in [3.63, 3.8) is 0 Å². The van der Waals surface area contributed by atoms with Crippen LogP contribution in [0.4, 0.5) is 0 Å². The molecule has 2 aliphatic heterocycles. The number of carbonyl (C=O) groups excluding carboxylic acids is 3. The SMILES string of the molecule is CC(=O)N[C@H]1C[C@H]2CN(C(=O)Cc3ccccc3Cl)CC(=O)N2C1. The minimum atomic E-state index is -0.0982. The molecule has 3 rings (SSSR count). The van der Waals surface area contributed by atoms with Gasteiger partial charge in [0.15, 0.2) is 0 Å². The van der Waals surface area contributed by atoms with Crippen molar-refractivity contribution in [3.8, 4) is 0 Å². The van der Waals surface area contributed by atoms with Gasteiger partial charge in [-0.25, -0.2) is 0 Å². The fourth-order valence-electron chi connectivity index (χ4n) is 3.47. The lowest BCUT2D eigenvalue weighted by molar-refractivity contribution is -0.146. The van der Waals surface area contributed by atoms with Crippen LogP contribution in [0.2, 0.25) is 5.02 Å². The minimum absolute atomic E-state index is 0.0294.